The summed E-state index contributed by atoms with van der Waals surface area (Å²) in [7, 11) is 3.54. The number of hydrogen-bond acceptors (Lipinski definition) is 3. The fraction of sp³-hybridized carbons (Fsp3) is 0.500. The summed E-state index contributed by atoms with van der Waals surface area (Å²) < 4.78 is 5.29. The van der Waals surface area contributed by atoms with Crippen molar-refractivity contribution in [2.75, 3.05) is 14.2 Å². The van der Waals surface area contributed by atoms with Gasteiger partial charge in [-0.3, -0.25) is 0 Å². The lowest BCUT2D eigenvalue weighted by Gasteiger charge is -2.15. The number of nitrogens with two attached hydrogens (primary N) is 1. The van der Waals surface area contributed by atoms with Crippen molar-refractivity contribution in [2.24, 2.45) is 5.73 Å². The monoisotopic (exact) mass is 210 g/mol. The number of likely N-dealkylation sites (N-methyl/N-ethyl adjacent to an activating group) is 1. The Morgan fingerprint density at radius 1 is 1.47 bits per heavy atom. The number of methoxy groups -OCH3 is 1. The molecule has 3 heteroatoms. The van der Waals surface area contributed by atoms with Gasteiger partial charge in [0.1, 0.15) is 5.76 Å². The standard InChI is InChI=1S/C12H22N2O/c1-6-10(11(8-13)14-4)9(3)12(7-2)15-5/h7-8,14H,6,13H2,1-5H3/b10-9+,11-8+,12-7+. The molecule has 0 heterocycles. The first kappa shape index (κ1) is 13.6. The van der Waals surface area contributed by atoms with E-state index in [-0.39, 0.29) is 0 Å². The third-order valence-corrected chi connectivity index (χ3v) is 2.42. The van der Waals surface area contributed by atoms with Gasteiger partial charge in [-0.05, 0) is 37.5 Å². The smallest absolute Gasteiger partial charge is 0.117 e. The molecule has 0 saturated heterocycles. The Bertz CT molecular complexity index is 288. The van der Waals surface area contributed by atoms with Crippen LogP contribution in [0.3, 0.4) is 0 Å². The molecule has 3 nitrogen and oxygen atoms in total. The third kappa shape index (κ3) is 3.35. The molecule has 86 valence electrons. The second-order valence-corrected chi connectivity index (χ2v) is 3.14. The molecule has 0 aromatic heterocycles. The first-order valence-electron chi connectivity index (χ1n) is 5.16. The first-order valence-corrected chi connectivity index (χ1v) is 5.16. The molecule has 0 radical (unpaired) electrons. The summed E-state index contributed by atoms with van der Waals surface area (Å²) in [6.45, 7) is 6.10. The number of rotatable bonds is 5. The second kappa shape index (κ2) is 6.98. The van der Waals surface area contributed by atoms with Crippen LogP contribution in [0.4, 0.5) is 0 Å². The van der Waals surface area contributed by atoms with Gasteiger partial charge in [-0.1, -0.05) is 6.92 Å². The van der Waals surface area contributed by atoms with Crippen LogP contribution in [0.25, 0.3) is 0 Å². The van der Waals surface area contributed by atoms with E-state index in [1.807, 2.05) is 27.0 Å². The van der Waals surface area contributed by atoms with E-state index in [1.54, 1.807) is 13.3 Å². The van der Waals surface area contributed by atoms with Gasteiger partial charge >= 0.3 is 0 Å². The first-order chi connectivity index (χ1) is 7.15. The predicted molar refractivity (Wildman–Crippen MR) is 65.1 cm³/mol. The summed E-state index contributed by atoms with van der Waals surface area (Å²) in [6, 6.07) is 0. The van der Waals surface area contributed by atoms with E-state index in [2.05, 4.69) is 12.2 Å². The van der Waals surface area contributed by atoms with E-state index in [0.717, 1.165) is 23.5 Å². The van der Waals surface area contributed by atoms with E-state index in [1.165, 1.54) is 5.57 Å². The Balaban J connectivity index is 5.32. The molecule has 0 aliphatic heterocycles. The molecular formula is C12H22N2O. The Hall–Kier alpha value is -1.38. The fourth-order valence-electron chi connectivity index (χ4n) is 1.63. The number of ether oxygens (including phenoxy) is 1. The van der Waals surface area contributed by atoms with Crippen LogP contribution < -0.4 is 11.1 Å². The zero-order valence-corrected chi connectivity index (χ0v) is 10.3. The highest BCUT2D eigenvalue weighted by Gasteiger charge is 2.08. The molecule has 0 amide bonds. The lowest BCUT2D eigenvalue weighted by molar-refractivity contribution is 0.299. The number of hydrogen-bond donors (Lipinski definition) is 2. The minimum Gasteiger partial charge on any atom is -0.497 e. The molecule has 0 aliphatic rings. The highest BCUT2D eigenvalue weighted by molar-refractivity contribution is 5.40. The number of nitrogens with one attached hydrogen (secondary N) is 1. The summed E-state index contributed by atoms with van der Waals surface area (Å²) >= 11 is 0. The van der Waals surface area contributed by atoms with E-state index in [0.29, 0.717) is 0 Å². The van der Waals surface area contributed by atoms with Crippen molar-refractivity contribution < 1.29 is 4.74 Å². The lowest BCUT2D eigenvalue weighted by atomic mass is 10.0. The van der Waals surface area contributed by atoms with Crippen molar-refractivity contribution in [2.45, 2.75) is 27.2 Å². The van der Waals surface area contributed by atoms with Crippen LogP contribution in [0.5, 0.6) is 0 Å². The molecule has 0 rings (SSSR count). The van der Waals surface area contributed by atoms with E-state index >= 15 is 0 Å². The van der Waals surface area contributed by atoms with Crippen LogP contribution in [0.1, 0.15) is 27.2 Å². The molecule has 0 bridgehead atoms. The van der Waals surface area contributed by atoms with Crippen molar-refractivity contribution >= 4 is 0 Å². The zero-order valence-electron chi connectivity index (χ0n) is 10.3. The molecule has 0 aliphatic carbocycles. The van der Waals surface area contributed by atoms with Crippen LogP contribution in [0.2, 0.25) is 0 Å². The Labute approximate surface area is 92.7 Å². The molecule has 0 atom stereocenters. The zero-order chi connectivity index (χ0) is 11.8. The molecule has 0 saturated carbocycles. The van der Waals surface area contributed by atoms with Crippen LogP contribution in [0, 0.1) is 0 Å². The summed E-state index contributed by atoms with van der Waals surface area (Å²) in [4.78, 5) is 0. The Morgan fingerprint density at radius 3 is 2.33 bits per heavy atom. The summed E-state index contributed by atoms with van der Waals surface area (Å²) in [6.07, 6.45) is 4.45. The molecular weight excluding hydrogens is 188 g/mol. The largest absolute Gasteiger partial charge is 0.497 e. The van der Waals surface area contributed by atoms with Crippen molar-refractivity contribution in [1.82, 2.24) is 5.32 Å². The Kier molecular flexibility index (Phi) is 6.34. The lowest BCUT2D eigenvalue weighted by Crippen LogP contribution is -2.12. The molecule has 15 heavy (non-hydrogen) atoms. The molecule has 0 aromatic carbocycles. The van der Waals surface area contributed by atoms with E-state index < -0.39 is 0 Å². The van der Waals surface area contributed by atoms with Crippen LogP contribution in [-0.2, 0) is 4.74 Å². The maximum Gasteiger partial charge on any atom is 0.117 e. The third-order valence-electron chi connectivity index (χ3n) is 2.42. The van der Waals surface area contributed by atoms with Gasteiger partial charge in [0.2, 0.25) is 0 Å². The van der Waals surface area contributed by atoms with Gasteiger partial charge in [-0.2, -0.15) is 0 Å². The van der Waals surface area contributed by atoms with Gasteiger partial charge in [-0.25, -0.2) is 0 Å². The van der Waals surface area contributed by atoms with Gasteiger partial charge in [0.25, 0.3) is 0 Å². The van der Waals surface area contributed by atoms with Crippen molar-refractivity contribution in [3.8, 4) is 0 Å². The van der Waals surface area contributed by atoms with Crippen LogP contribution >= 0.6 is 0 Å². The van der Waals surface area contributed by atoms with Gasteiger partial charge in [0.15, 0.2) is 0 Å². The second-order valence-electron chi connectivity index (χ2n) is 3.14. The quantitative estimate of drug-likeness (QED) is 0.540. The maximum absolute atomic E-state index is 5.56. The van der Waals surface area contributed by atoms with Crippen molar-refractivity contribution in [3.63, 3.8) is 0 Å². The minimum absolute atomic E-state index is 0.890. The van der Waals surface area contributed by atoms with Gasteiger partial charge < -0.3 is 15.8 Å². The fourth-order valence-corrected chi connectivity index (χ4v) is 1.63. The SMILES string of the molecule is C\C=C(OC)/C(C)=C(CC)/C(=C\N)NC. The molecule has 3 N–H and O–H groups in total. The highest BCUT2D eigenvalue weighted by atomic mass is 16.5. The van der Waals surface area contributed by atoms with Gasteiger partial charge in [0.05, 0.1) is 12.8 Å². The molecule has 0 fully saturated rings. The van der Waals surface area contributed by atoms with Crippen molar-refractivity contribution in [1.29, 1.82) is 0 Å². The summed E-state index contributed by atoms with van der Waals surface area (Å²) in [5, 5.41) is 3.08. The minimum atomic E-state index is 0.890. The average molecular weight is 210 g/mol. The van der Waals surface area contributed by atoms with Crippen LogP contribution in [0.15, 0.2) is 34.9 Å². The normalized spacial score (nSPS) is 14.7. The molecule has 0 spiro atoms. The van der Waals surface area contributed by atoms with E-state index in [4.69, 9.17) is 10.5 Å². The molecule has 0 unspecified atom stereocenters. The van der Waals surface area contributed by atoms with Crippen LogP contribution in [-0.4, -0.2) is 14.2 Å². The summed E-state index contributed by atoms with van der Waals surface area (Å²) in [5.74, 6) is 0.890. The Morgan fingerprint density at radius 2 is 2.07 bits per heavy atom. The highest BCUT2D eigenvalue weighted by Crippen LogP contribution is 2.21. The average Bonchev–Trinajstić information content (AvgIpc) is 2.27. The predicted octanol–water partition coefficient (Wildman–Crippen LogP) is 2.28. The topological polar surface area (TPSA) is 47.3 Å². The van der Waals surface area contributed by atoms with Gasteiger partial charge in [-0.15, -0.1) is 0 Å². The van der Waals surface area contributed by atoms with E-state index in [9.17, 15) is 0 Å². The van der Waals surface area contributed by atoms with Crippen molar-refractivity contribution in [3.05, 3.63) is 34.9 Å². The molecule has 0 aromatic rings. The van der Waals surface area contributed by atoms with Gasteiger partial charge in [0, 0.05) is 13.2 Å². The number of allylic oxidation sites excluding steroid dienone is 3. The maximum atomic E-state index is 5.56. The summed E-state index contributed by atoms with van der Waals surface area (Å²) in [5.41, 5.74) is 8.81.